The van der Waals surface area contributed by atoms with Gasteiger partial charge < -0.3 is 0 Å². The molecule has 0 radical (unpaired) electrons. The van der Waals surface area contributed by atoms with Crippen LogP contribution in [-0.4, -0.2) is 17.2 Å². The first-order valence-corrected chi connectivity index (χ1v) is 6.38. The van der Waals surface area contributed by atoms with Gasteiger partial charge in [0.2, 0.25) is 5.78 Å². The summed E-state index contributed by atoms with van der Waals surface area (Å²) in [4.78, 5) is 16.6. The van der Waals surface area contributed by atoms with Gasteiger partial charge in [0.05, 0.1) is 16.9 Å². The van der Waals surface area contributed by atoms with Crippen molar-refractivity contribution >= 4 is 28.9 Å². The van der Waals surface area contributed by atoms with Gasteiger partial charge >= 0.3 is 0 Å². The monoisotopic (exact) mass is 280 g/mol. The molecule has 5 heteroatoms. The van der Waals surface area contributed by atoms with E-state index in [9.17, 15) is 14.4 Å². The van der Waals surface area contributed by atoms with Crippen LogP contribution in [0.4, 0.5) is 15.8 Å². The number of hydroxylamine groups is 1. The number of hydrogen-bond acceptors (Lipinski definition) is 4. The van der Waals surface area contributed by atoms with Crippen LogP contribution in [0, 0.1) is 5.82 Å². The van der Waals surface area contributed by atoms with Crippen molar-refractivity contribution in [3.8, 4) is 0 Å². The lowest BCUT2D eigenvalue weighted by molar-refractivity contribution is 0.103. The lowest BCUT2D eigenvalue weighted by atomic mass is 10.0. The van der Waals surface area contributed by atoms with Crippen LogP contribution in [0.1, 0.15) is 15.9 Å². The molecular weight excluding hydrogens is 271 g/mol. The van der Waals surface area contributed by atoms with Gasteiger partial charge in [-0.1, -0.05) is 18.2 Å². The molecule has 4 nitrogen and oxygen atoms in total. The van der Waals surface area contributed by atoms with E-state index in [2.05, 4.69) is 4.99 Å². The zero-order valence-corrected chi connectivity index (χ0v) is 10.7. The molecule has 102 valence electrons. The number of carbonyl (C=O) groups is 1. The summed E-state index contributed by atoms with van der Waals surface area (Å²) < 4.78 is 14.1. The Morgan fingerprint density at radius 3 is 2.71 bits per heavy atom. The highest BCUT2D eigenvalue weighted by atomic mass is 19.1. The number of ketones is 1. The smallest absolute Gasteiger partial charge is 0.214 e. The number of hydrogen-bond donors (Lipinski definition) is 1. The van der Waals surface area contributed by atoms with Gasteiger partial charge in [0.25, 0.3) is 0 Å². The molecule has 2 aliphatic heterocycles. The van der Waals surface area contributed by atoms with Gasteiger partial charge in [-0.2, -0.15) is 0 Å². The van der Waals surface area contributed by atoms with Crippen LogP contribution in [0.25, 0.3) is 5.57 Å². The summed E-state index contributed by atoms with van der Waals surface area (Å²) in [5.41, 5.74) is 1.81. The predicted molar refractivity (Wildman–Crippen MR) is 76.5 cm³/mol. The van der Waals surface area contributed by atoms with Crippen molar-refractivity contribution in [2.45, 2.75) is 0 Å². The van der Waals surface area contributed by atoms with Crippen molar-refractivity contribution in [1.29, 1.82) is 0 Å². The van der Waals surface area contributed by atoms with E-state index in [-0.39, 0.29) is 17.0 Å². The Labute approximate surface area is 119 Å². The van der Waals surface area contributed by atoms with Crippen molar-refractivity contribution < 1.29 is 14.4 Å². The molecule has 2 heterocycles. The molecule has 0 atom stereocenters. The molecule has 0 spiro atoms. The van der Waals surface area contributed by atoms with Crippen molar-refractivity contribution in [3.05, 3.63) is 65.1 Å². The molecule has 1 N–H and O–H groups in total. The second-order valence-electron chi connectivity index (χ2n) is 4.81. The number of para-hydroxylation sites is 1. The summed E-state index contributed by atoms with van der Waals surface area (Å²) in [5, 5.41) is 11.1. The topological polar surface area (TPSA) is 52.9 Å². The van der Waals surface area contributed by atoms with Crippen LogP contribution in [0.2, 0.25) is 0 Å². The molecule has 0 fully saturated rings. The number of aliphatic imine (C=N–C) groups is 1. The Bertz CT molecular complexity index is 855. The van der Waals surface area contributed by atoms with E-state index in [1.807, 2.05) is 0 Å². The van der Waals surface area contributed by atoms with Crippen LogP contribution in [0.15, 0.2) is 53.2 Å². The summed E-state index contributed by atoms with van der Waals surface area (Å²) in [5.74, 6) is -0.810. The van der Waals surface area contributed by atoms with Gasteiger partial charge in [-0.3, -0.25) is 15.0 Å². The van der Waals surface area contributed by atoms with Crippen molar-refractivity contribution in [2.24, 2.45) is 4.99 Å². The molecule has 4 rings (SSSR count). The van der Waals surface area contributed by atoms with E-state index < -0.39 is 5.82 Å². The molecule has 0 unspecified atom stereocenters. The number of anilines is 1. The third-order valence-corrected chi connectivity index (χ3v) is 3.65. The van der Waals surface area contributed by atoms with Crippen LogP contribution in [-0.2, 0) is 0 Å². The van der Waals surface area contributed by atoms with Gasteiger partial charge in [0.1, 0.15) is 11.5 Å². The molecule has 0 amide bonds. The fourth-order valence-corrected chi connectivity index (χ4v) is 2.70. The number of fused-ring (bicyclic) bond motifs is 2. The molecule has 2 aromatic carbocycles. The fraction of sp³-hybridized carbons (Fsp3) is 0. The van der Waals surface area contributed by atoms with Gasteiger partial charge in [-0.05, 0) is 24.3 Å². The van der Waals surface area contributed by atoms with E-state index in [0.29, 0.717) is 22.5 Å². The minimum absolute atomic E-state index is 0.0313. The summed E-state index contributed by atoms with van der Waals surface area (Å²) in [6, 6.07) is 11.2. The maximum absolute atomic E-state index is 14.1. The standard InChI is InChI=1S/C16H9FN2O2/c17-11-5-3-6-12-14(11)10(8-18-12)15-16(20)9-4-1-2-7-13(9)19(15)21/h1-8,21H/b15-10+. The Morgan fingerprint density at radius 1 is 1.10 bits per heavy atom. The van der Waals surface area contributed by atoms with Gasteiger partial charge in [-0.25, -0.2) is 9.45 Å². The third-order valence-electron chi connectivity index (χ3n) is 3.65. The number of carbonyl (C=O) groups excluding carboxylic acids is 1. The van der Waals surface area contributed by atoms with Gasteiger partial charge in [0, 0.05) is 17.4 Å². The molecule has 2 aromatic rings. The highest BCUT2D eigenvalue weighted by Gasteiger charge is 2.36. The lowest BCUT2D eigenvalue weighted by Crippen LogP contribution is -2.17. The van der Waals surface area contributed by atoms with E-state index >= 15 is 0 Å². The number of Topliss-reactive ketones (excluding diaryl/α,β-unsaturated/α-hetero) is 1. The highest BCUT2D eigenvalue weighted by Crippen LogP contribution is 2.41. The zero-order valence-electron chi connectivity index (χ0n) is 10.7. The molecule has 2 aliphatic rings. The molecule has 0 aliphatic carbocycles. The van der Waals surface area contributed by atoms with E-state index in [1.54, 1.807) is 36.4 Å². The summed E-state index contributed by atoms with van der Waals surface area (Å²) in [6.45, 7) is 0. The number of rotatable bonds is 0. The number of nitrogens with zero attached hydrogens (tertiary/aromatic N) is 2. The molecule has 0 saturated heterocycles. The summed E-state index contributed by atoms with van der Waals surface area (Å²) in [6.07, 6.45) is 1.41. The molecular formula is C16H9FN2O2. The summed E-state index contributed by atoms with van der Waals surface area (Å²) >= 11 is 0. The lowest BCUT2D eigenvalue weighted by Gasteiger charge is -2.13. The van der Waals surface area contributed by atoms with Crippen molar-refractivity contribution in [3.63, 3.8) is 0 Å². The van der Waals surface area contributed by atoms with E-state index in [0.717, 1.165) is 5.06 Å². The number of allylic oxidation sites excluding steroid dienone is 2. The maximum Gasteiger partial charge on any atom is 0.214 e. The maximum atomic E-state index is 14.1. The third kappa shape index (κ3) is 1.52. The molecule has 0 bridgehead atoms. The van der Waals surface area contributed by atoms with Crippen molar-refractivity contribution in [1.82, 2.24) is 0 Å². The second-order valence-corrected chi connectivity index (χ2v) is 4.81. The van der Waals surface area contributed by atoms with Crippen LogP contribution < -0.4 is 5.06 Å². The Hall–Kier alpha value is -2.79. The Balaban J connectivity index is 1.99. The first-order chi connectivity index (χ1) is 10.2. The minimum Gasteiger partial charge on any atom is -0.287 e. The normalized spacial score (nSPS) is 19.1. The van der Waals surface area contributed by atoms with E-state index in [4.69, 9.17) is 0 Å². The molecule has 0 aromatic heterocycles. The quantitative estimate of drug-likeness (QED) is 0.753. The fourth-order valence-electron chi connectivity index (χ4n) is 2.70. The van der Waals surface area contributed by atoms with Crippen LogP contribution in [0.5, 0.6) is 0 Å². The average Bonchev–Trinajstić information content (AvgIpc) is 3.01. The summed E-state index contributed by atoms with van der Waals surface area (Å²) in [7, 11) is 0. The minimum atomic E-state index is -0.468. The average molecular weight is 280 g/mol. The predicted octanol–water partition coefficient (Wildman–Crippen LogP) is 3.34. The zero-order chi connectivity index (χ0) is 14.6. The van der Waals surface area contributed by atoms with Crippen LogP contribution >= 0.6 is 0 Å². The first kappa shape index (κ1) is 12.0. The largest absolute Gasteiger partial charge is 0.287 e. The van der Waals surface area contributed by atoms with E-state index in [1.165, 1.54) is 12.3 Å². The second kappa shape index (κ2) is 4.10. The van der Waals surface area contributed by atoms with Crippen molar-refractivity contribution in [2.75, 3.05) is 5.06 Å². The number of benzene rings is 2. The van der Waals surface area contributed by atoms with Gasteiger partial charge in [-0.15, -0.1) is 0 Å². The Kier molecular flexibility index (Phi) is 2.34. The van der Waals surface area contributed by atoms with Crippen LogP contribution in [0.3, 0.4) is 0 Å². The molecule has 21 heavy (non-hydrogen) atoms. The first-order valence-electron chi connectivity index (χ1n) is 6.38. The highest BCUT2D eigenvalue weighted by molar-refractivity contribution is 6.31. The number of halogens is 1. The van der Waals surface area contributed by atoms with Gasteiger partial charge in [0.15, 0.2) is 0 Å². The SMILES string of the molecule is O=C1/C(=C2/C=Nc3cccc(F)c32)N(O)c2ccccc21. The molecule has 0 saturated carbocycles. The Morgan fingerprint density at radius 2 is 1.90 bits per heavy atom.